The molecule has 5 N–H and O–H groups in total. The summed E-state index contributed by atoms with van der Waals surface area (Å²) in [6, 6.07) is 7.81. The van der Waals surface area contributed by atoms with Crippen molar-refractivity contribution >= 4 is 5.69 Å². The summed E-state index contributed by atoms with van der Waals surface area (Å²) in [5, 5.41) is 0. The van der Waals surface area contributed by atoms with Gasteiger partial charge in [-0.2, -0.15) is 0 Å². The van der Waals surface area contributed by atoms with Crippen molar-refractivity contribution in [2.45, 2.75) is 25.8 Å². The minimum absolute atomic E-state index is 0.0543. The van der Waals surface area contributed by atoms with E-state index in [-0.39, 0.29) is 6.04 Å². The topological polar surface area (TPSA) is 64.1 Å². The van der Waals surface area contributed by atoms with Crippen molar-refractivity contribution < 1.29 is 0 Å². The fourth-order valence-corrected chi connectivity index (χ4v) is 1.52. The van der Waals surface area contributed by atoms with Crippen molar-refractivity contribution in [3.8, 4) is 0 Å². The third kappa shape index (κ3) is 3.08. The van der Waals surface area contributed by atoms with Gasteiger partial charge >= 0.3 is 0 Å². The Hall–Kier alpha value is -1.32. The number of anilines is 1. The van der Waals surface area contributed by atoms with Crippen LogP contribution in [-0.4, -0.2) is 0 Å². The summed E-state index contributed by atoms with van der Waals surface area (Å²) in [5.74, 6) is 5.53. The van der Waals surface area contributed by atoms with Gasteiger partial charge in [-0.25, -0.2) is 0 Å². The number of benzene rings is 1. The van der Waals surface area contributed by atoms with Crippen LogP contribution in [0.5, 0.6) is 0 Å². The first kappa shape index (κ1) is 11.8. The average Bonchev–Trinajstić information content (AvgIpc) is 2.26. The van der Waals surface area contributed by atoms with Gasteiger partial charge in [0, 0.05) is 5.69 Å². The number of nitrogen functional groups attached to an aromatic ring is 1. The van der Waals surface area contributed by atoms with Gasteiger partial charge in [0.25, 0.3) is 0 Å². The standard InChI is InChI=1S/C12H19N3/c1-3-9(2)8-12(15-14)10-6-4-5-7-11(10)13/h4-7,12,15H,2-3,8,13-14H2,1H3. The lowest BCUT2D eigenvalue weighted by Gasteiger charge is -2.18. The number of hydrazine groups is 1. The van der Waals surface area contributed by atoms with Crippen LogP contribution in [0.15, 0.2) is 36.4 Å². The molecule has 3 heteroatoms. The molecule has 0 aliphatic carbocycles. The Morgan fingerprint density at radius 1 is 1.47 bits per heavy atom. The number of nitrogens with one attached hydrogen (secondary N) is 1. The molecule has 0 aliphatic heterocycles. The molecular weight excluding hydrogens is 186 g/mol. The Morgan fingerprint density at radius 3 is 2.67 bits per heavy atom. The molecule has 82 valence electrons. The molecular formula is C12H19N3. The van der Waals surface area contributed by atoms with E-state index >= 15 is 0 Å². The van der Waals surface area contributed by atoms with Gasteiger partial charge in [0.05, 0.1) is 6.04 Å². The van der Waals surface area contributed by atoms with Crippen LogP contribution >= 0.6 is 0 Å². The molecule has 1 aromatic carbocycles. The van der Waals surface area contributed by atoms with Gasteiger partial charge < -0.3 is 5.73 Å². The summed E-state index contributed by atoms with van der Waals surface area (Å²) in [6.45, 7) is 6.07. The minimum Gasteiger partial charge on any atom is -0.398 e. The zero-order valence-electron chi connectivity index (χ0n) is 9.16. The lowest BCUT2D eigenvalue weighted by Crippen LogP contribution is -2.28. The van der Waals surface area contributed by atoms with Crippen molar-refractivity contribution in [1.29, 1.82) is 0 Å². The van der Waals surface area contributed by atoms with Gasteiger partial charge in [-0.3, -0.25) is 11.3 Å². The lowest BCUT2D eigenvalue weighted by molar-refractivity contribution is 0.546. The molecule has 0 radical (unpaired) electrons. The van der Waals surface area contributed by atoms with E-state index in [2.05, 4.69) is 18.9 Å². The van der Waals surface area contributed by atoms with E-state index < -0.39 is 0 Å². The first-order chi connectivity index (χ1) is 7.19. The Labute approximate surface area is 91.1 Å². The van der Waals surface area contributed by atoms with Crippen LogP contribution in [0.1, 0.15) is 31.4 Å². The summed E-state index contributed by atoms with van der Waals surface area (Å²) < 4.78 is 0. The third-order valence-corrected chi connectivity index (χ3v) is 2.57. The monoisotopic (exact) mass is 205 g/mol. The van der Waals surface area contributed by atoms with E-state index in [4.69, 9.17) is 11.6 Å². The van der Waals surface area contributed by atoms with Crippen molar-refractivity contribution in [2.75, 3.05) is 5.73 Å². The highest BCUT2D eigenvalue weighted by Crippen LogP contribution is 2.25. The quantitative estimate of drug-likeness (QED) is 0.298. The van der Waals surface area contributed by atoms with Crippen molar-refractivity contribution in [3.63, 3.8) is 0 Å². The van der Waals surface area contributed by atoms with Crippen LogP contribution in [-0.2, 0) is 0 Å². The van der Waals surface area contributed by atoms with Gasteiger partial charge in [0.2, 0.25) is 0 Å². The molecule has 0 aliphatic rings. The van der Waals surface area contributed by atoms with Crippen LogP contribution in [0.3, 0.4) is 0 Å². The Morgan fingerprint density at radius 2 is 2.13 bits per heavy atom. The highest BCUT2D eigenvalue weighted by molar-refractivity contribution is 5.48. The average molecular weight is 205 g/mol. The number of nitrogens with two attached hydrogens (primary N) is 2. The zero-order valence-corrected chi connectivity index (χ0v) is 9.16. The number of hydrogen-bond acceptors (Lipinski definition) is 3. The predicted octanol–water partition coefficient (Wildman–Crippen LogP) is 2.13. The number of hydrogen-bond donors (Lipinski definition) is 3. The summed E-state index contributed by atoms with van der Waals surface area (Å²) in [6.07, 6.45) is 1.78. The van der Waals surface area contributed by atoms with Crippen LogP contribution in [0, 0.1) is 0 Å². The van der Waals surface area contributed by atoms with E-state index in [1.54, 1.807) is 0 Å². The SMILES string of the molecule is C=C(CC)CC(NN)c1ccccc1N. The predicted molar refractivity (Wildman–Crippen MR) is 65.0 cm³/mol. The Balaban J connectivity index is 2.83. The summed E-state index contributed by atoms with van der Waals surface area (Å²) >= 11 is 0. The number of para-hydroxylation sites is 1. The van der Waals surface area contributed by atoms with Crippen LogP contribution < -0.4 is 17.0 Å². The summed E-state index contributed by atoms with van der Waals surface area (Å²) in [4.78, 5) is 0. The Bertz CT molecular complexity index is 333. The number of rotatable bonds is 5. The molecule has 1 atom stereocenters. The molecule has 0 spiro atoms. The molecule has 0 bridgehead atoms. The first-order valence-electron chi connectivity index (χ1n) is 5.16. The van der Waals surface area contributed by atoms with Gasteiger partial charge in [-0.05, 0) is 24.5 Å². The van der Waals surface area contributed by atoms with Gasteiger partial charge in [0.1, 0.15) is 0 Å². The maximum absolute atomic E-state index is 5.89. The van der Waals surface area contributed by atoms with E-state index in [1.165, 1.54) is 5.57 Å². The largest absolute Gasteiger partial charge is 0.398 e. The van der Waals surface area contributed by atoms with Crippen LogP contribution in [0.4, 0.5) is 5.69 Å². The highest BCUT2D eigenvalue weighted by atomic mass is 15.2. The first-order valence-corrected chi connectivity index (χ1v) is 5.16. The molecule has 15 heavy (non-hydrogen) atoms. The maximum Gasteiger partial charge on any atom is 0.0517 e. The fourth-order valence-electron chi connectivity index (χ4n) is 1.52. The van der Waals surface area contributed by atoms with Crippen LogP contribution in [0.2, 0.25) is 0 Å². The lowest BCUT2D eigenvalue weighted by atomic mass is 9.98. The maximum atomic E-state index is 5.89. The van der Waals surface area contributed by atoms with Crippen molar-refractivity contribution in [1.82, 2.24) is 5.43 Å². The molecule has 1 aromatic rings. The molecule has 0 heterocycles. The van der Waals surface area contributed by atoms with E-state index in [0.29, 0.717) is 0 Å². The Kier molecular flexibility index (Phi) is 4.34. The second-order valence-electron chi connectivity index (χ2n) is 3.66. The summed E-state index contributed by atoms with van der Waals surface area (Å²) in [5.41, 5.74) is 11.6. The van der Waals surface area contributed by atoms with Crippen molar-refractivity contribution in [3.05, 3.63) is 42.0 Å². The molecule has 0 fully saturated rings. The molecule has 0 aromatic heterocycles. The van der Waals surface area contributed by atoms with Gasteiger partial charge in [-0.15, -0.1) is 0 Å². The third-order valence-electron chi connectivity index (χ3n) is 2.57. The van der Waals surface area contributed by atoms with E-state index in [1.807, 2.05) is 24.3 Å². The highest BCUT2D eigenvalue weighted by Gasteiger charge is 2.12. The van der Waals surface area contributed by atoms with Crippen molar-refractivity contribution in [2.24, 2.45) is 5.84 Å². The molecule has 1 rings (SSSR count). The molecule has 3 nitrogen and oxygen atoms in total. The second kappa shape index (κ2) is 5.53. The minimum atomic E-state index is 0.0543. The fraction of sp³-hybridized carbons (Fsp3) is 0.333. The van der Waals surface area contributed by atoms with Gasteiger partial charge in [0.15, 0.2) is 0 Å². The molecule has 0 amide bonds. The molecule has 0 saturated heterocycles. The van der Waals surface area contributed by atoms with E-state index in [9.17, 15) is 0 Å². The normalized spacial score (nSPS) is 12.4. The second-order valence-corrected chi connectivity index (χ2v) is 3.66. The van der Waals surface area contributed by atoms with Crippen LogP contribution in [0.25, 0.3) is 0 Å². The smallest absolute Gasteiger partial charge is 0.0517 e. The van der Waals surface area contributed by atoms with E-state index in [0.717, 1.165) is 24.1 Å². The zero-order chi connectivity index (χ0) is 11.3. The van der Waals surface area contributed by atoms with Gasteiger partial charge in [-0.1, -0.05) is 37.3 Å². The molecule has 0 saturated carbocycles. The molecule has 1 unspecified atom stereocenters. The summed E-state index contributed by atoms with van der Waals surface area (Å²) in [7, 11) is 0.